The van der Waals surface area contributed by atoms with Crippen LogP contribution < -0.4 is 10.2 Å². The summed E-state index contributed by atoms with van der Waals surface area (Å²) >= 11 is 0. The molecule has 35 heavy (non-hydrogen) atoms. The first-order valence-electron chi connectivity index (χ1n) is 12.2. The van der Waals surface area contributed by atoms with Crippen molar-refractivity contribution >= 4 is 23.2 Å². The summed E-state index contributed by atoms with van der Waals surface area (Å²) in [5, 5.41) is 3.11. The van der Waals surface area contributed by atoms with Crippen LogP contribution >= 0.6 is 0 Å². The molecule has 182 valence electrons. The van der Waals surface area contributed by atoms with E-state index in [2.05, 4.69) is 38.3 Å². The molecule has 1 unspecified atom stereocenters. The topological polar surface area (TPSA) is 81.9 Å². The van der Waals surface area contributed by atoms with Crippen molar-refractivity contribution in [1.82, 2.24) is 14.8 Å². The van der Waals surface area contributed by atoms with E-state index in [0.717, 1.165) is 56.3 Å². The molecule has 3 aromatic rings. The molecule has 2 aromatic heterocycles. The predicted molar refractivity (Wildman–Crippen MR) is 134 cm³/mol. The number of furan rings is 1. The number of para-hydroxylation sites is 2. The fraction of sp³-hybridized carbons (Fsp3) is 0.370. The van der Waals surface area contributed by atoms with E-state index < -0.39 is 0 Å². The van der Waals surface area contributed by atoms with E-state index in [9.17, 15) is 9.59 Å². The van der Waals surface area contributed by atoms with Crippen molar-refractivity contribution in [3.8, 4) is 0 Å². The highest BCUT2D eigenvalue weighted by atomic mass is 16.3. The molecule has 0 aliphatic carbocycles. The lowest BCUT2D eigenvalue weighted by Crippen LogP contribution is -2.47. The molecule has 0 saturated carbocycles. The second-order valence-corrected chi connectivity index (χ2v) is 9.20. The number of hydrogen-bond donors (Lipinski definition) is 1. The summed E-state index contributed by atoms with van der Waals surface area (Å²) in [4.78, 5) is 36.1. The number of piperazine rings is 1. The van der Waals surface area contributed by atoms with Crippen LogP contribution in [0.15, 0.2) is 71.6 Å². The van der Waals surface area contributed by atoms with Gasteiger partial charge in [0.25, 0.3) is 0 Å². The molecule has 8 nitrogen and oxygen atoms in total. The Bertz CT molecular complexity index is 1130. The minimum Gasteiger partial charge on any atom is -0.467 e. The second kappa shape index (κ2) is 10.7. The van der Waals surface area contributed by atoms with Gasteiger partial charge in [-0.05, 0) is 48.4 Å². The predicted octanol–water partition coefficient (Wildman–Crippen LogP) is 3.03. The average Bonchev–Trinajstić information content (AvgIpc) is 3.54. The molecule has 1 atom stereocenters. The van der Waals surface area contributed by atoms with Gasteiger partial charge >= 0.3 is 0 Å². The lowest BCUT2D eigenvalue weighted by Gasteiger charge is -2.37. The minimum atomic E-state index is -0.365. The summed E-state index contributed by atoms with van der Waals surface area (Å²) in [5.41, 5.74) is 3.15. The molecule has 5 rings (SSSR count). The van der Waals surface area contributed by atoms with Crippen molar-refractivity contribution in [3.05, 3.63) is 78.5 Å². The van der Waals surface area contributed by atoms with Gasteiger partial charge in [-0.2, -0.15) is 0 Å². The molecule has 8 heteroatoms. The quantitative estimate of drug-likeness (QED) is 0.542. The largest absolute Gasteiger partial charge is 0.467 e. The molecule has 0 spiro atoms. The highest BCUT2D eigenvalue weighted by Crippen LogP contribution is 2.29. The monoisotopic (exact) mass is 473 g/mol. The summed E-state index contributed by atoms with van der Waals surface area (Å²) in [6, 6.07) is 15.7. The van der Waals surface area contributed by atoms with Gasteiger partial charge in [0.05, 0.1) is 30.1 Å². The van der Waals surface area contributed by atoms with Gasteiger partial charge < -0.3 is 19.5 Å². The van der Waals surface area contributed by atoms with Crippen LogP contribution in [0.1, 0.15) is 17.7 Å². The van der Waals surface area contributed by atoms with Gasteiger partial charge in [0.1, 0.15) is 5.76 Å². The number of likely N-dealkylation sites (tertiary alicyclic amines) is 1. The maximum Gasteiger partial charge on any atom is 0.229 e. The molecule has 2 amide bonds. The number of hydrogen-bond acceptors (Lipinski definition) is 6. The fourth-order valence-electron chi connectivity index (χ4n) is 4.83. The van der Waals surface area contributed by atoms with Crippen LogP contribution in [0, 0.1) is 5.92 Å². The molecule has 2 fully saturated rings. The molecule has 2 saturated heterocycles. The number of pyridine rings is 1. The van der Waals surface area contributed by atoms with Crippen LogP contribution in [0.5, 0.6) is 0 Å². The first kappa shape index (κ1) is 23.1. The van der Waals surface area contributed by atoms with Crippen LogP contribution in [0.25, 0.3) is 0 Å². The van der Waals surface area contributed by atoms with Crippen molar-refractivity contribution in [1.29, 1.82) is 0 Å². The Morgan fingerprint density at radius 2 is 1.83 bits per heavy atom. The number of benzene rings is 1. The van der Waals surface area contributed by atoms with E-state index in [1.165, 1.54) is 5.56 Å². The lowest BCUT2D eigenvalue weighted by atomic mass is 10.1. The number of carbonyl (C=O) groups excluding carboxylic acids is 2. The third-order valence-corrected chi connectivity index (χ3v) is 6.85. The zero-order valence-electron chi connectivity index (χ0n) is 19.8. The Morgan fingerprint density at radius 3 is 2.60 bits per heavy atom. The van der Waals surface area contributed by atoms with Crippen LogP contribution in [0.4, 0.5) is 11.4 Å². The SMILES string of the molecule is O=C(Nc1ccccc1N1CCN(CCc2ccncc2)CC1)C1CC(=O)N(Cc2ccco2)C1. The zero-order chi connectivity index (χ0) is 24.0. The Kier molecular flexibility index (Phi) is 7.09. The number of amides is 2. The number of rotatable bonds is 8. The molecular weight excluding hydrogens is 442 g/mol. The first-order chi connectivity index (χ1) is 17.2. The molecule has 0 bridgehead atoms. The van der Waals surface area contributed by atoms with Gasteiger partial charge in [0, 0.05) is 58.1 Å². The van der Waals surface area contributed by atoms with Crippen LogP contribution in [-0.2, 0) is 22.6 Å². The van der Waals surface area contributed by atoms with Crippen LogP contribution in [0.2, 0.25) is 0 Å². The highest BCUT2D eigenvalue weighted by Gasteiger charge is 2.35. The number of anilines is 2. The van der Waals surface area contributed by atoms with Gasteiger partial charge in [0.15, 0.2) is 0 Å². The first-order valence-corrected chi connectivity index (χ1v) is 12.2. The second-order valence-electron chi connectivity index (χ2n) is 9.20. The van der Waals surface area contributed by atoms with Crippen LogP contribution in [-0.4, -0.2) is 65.9 Å². The maximum absolute atomic E-state index is 13.1. The standard InChI is InChI=1S/C27H31N5O3/c33-26-18-22(19-32(26)20-23-4-3-17-35-23)27(34)29-24-5-1-2-6-25(24)31-15-13-30(14-16-31)12-9-21-7-10-28-11-8-21/h1-8,10-11,17,22H,9,12-16,18-20H2,(H,29,34). The van der Waals surface area contributed by atoms with E-state index in [1.807, 2.05) is 36.7 Å². The number of carbonyl (C=O) groups is 2. The minimum absolute atomic E-state index is 0.0160. The molecular formula is C27H31N5O3. The van der Waals surface area contributed by atoms with Gasteiger partial charge in [-0.25, -0.2) is 0 Å². The van der Waals surface area contributed by atoms with Crippen molar-refractivity contribution in [2.24, 2.45) is 5.92 Å². The lowest BCUT2D eigenvalue weighted by molar-refractivity contribution is -0.128. The van der Waals surface area contributed by atoms with Crippen molar-refractivity contribution in [2.75, 3.05) is 49.5 Å². The summed E-state index contributed by atoms with van der Waals surface area (Å²) in [6.45, 7) is 5.60. The van der Waals surface area contributed by atoms with Crippen molar-refractivity contribution in [3.63, 3.8) is 0 Å². The van der Waals surface area contributed by atoms with Crippen molar-refractivity contribution < 1.29 is 14.0 Å². The number of nitrogens with one attached hydrogen (secondary N) is 1. The van der Waals surface area contributed by atoms with Gasteiger partial charge in [-0.1, -0.05) is 12.1 Å². The highest BCUT2D eigenvalue weighted by molar-refractivity contribution is 5.99. The smallest absolute Gasteiger partial charge is 0.229 e. The van der Waals surface area contributed by atoms with Crippen molar-refractivity contribution in [2.45, 2.75) is 19.4 Å². The van der Waals surface area contributed by atoms with E-state index in [0.29, 0.717) is 13.1 Å². The third-order valence-electron chi connectivity index (χ3n) is 6.85. The van der Waals surface area contributed by atoms with Crippen LogP contribution in [0.3, 0.4) is 0 Å². The molecule has 2 aliphatic rings. The summed E-state index contributed by atoms with van der Waals surface area (Å²) in [7, 11) is 0. The number of nitrogens with zero attached hydrogens (tertiary/aromatic N) is 4. The summed E-state index contributed by atoms with van der Waals surface area (Å²) in [6.07, 6.45) is 6.53. The Labute approximate surface area is 205 Å². The maximum atomic E-state index is 13.1. The Balaban J connectivity index is 1.15. The normalized spacial score (nSPS) is 18.7. The van der Waals surface area contributed by atoms with Gasteiger partial charge in [-0.3, -0.25) is 19.5 Å². The zero-order valence-corrected chi connectivity index (χ0v) is 19.8. The average molecular weight is 474 g/mol. The molecule has 2 aliphatic heterocycles. The van der Waals surface area contributed by atoms with E-state index in [-0.39, 0.29) is 24.2 Å². The van der Waals surface area contributed by atoms with Gasteiger partial charge in [-0.15, -0.1) is 0 Å². The molecule has 1 N–H and O–H groups in total. The van der Waals surface area contributed by atoms with E-state index in [1.54, 1.807) is 17.2 Å². The molecule has 0 radical (unpaired) electrons. The Morgan fingerprint density at radius 1 is 1.03 bits per heavy atom. The van der Waals surface area contributed by atoms with E-state index in [4.69, 9.17) is 4.42 Å². The molecule has 1 aromatic carbocycles. The number of aromatic nitrogens is 1. The molecule has 4 heterocycles. The fourth-order valence-corrected chi connectivity index (χ4v) is 4.83. The summed E-state index contributed by atoms with van der Waals surface area (Å²) < 4.78 is 5.36. The third kappa shape index (κ3) is 5.71. The Hall–Kier alpha value is -3.65. The van der Waals surface area contributed by atoms with Gasteiger partial charge in [0.2, 0.25) is 11.8 Å². The van der Waals surface area contributed by atoms with E-state index >= 15 is 0 Å². The summed E-state index contributed by atoms with van der Waals surface area (Å²) in [5.74, 6) is 0.238.